The van der Waals surface area contributed by atoms with Gasteiger partial charge in [-0.05, 0) is 19.4 Å². The first-order valence-electron chi connectivity index (χ1n) is 4.14. The third kappa shape index (κ3) is 1.60. The predicted octanol–water partition coefficient (Wildman–Crippen LogP) is 1.00. The molecule has 0 atom stereocenters. The van der Waals surface area contributed by atoms with Crippen LogP contribution in [0, 0.1) is 0 Å². The Labute approximate surface area is 80.8 Å². The zero-order valence-corrected chi connectivity index (χ0v) is 8.02. The standard InChI is InChI=1S/C8H10N4O2/c1-5-6(2)8(14)12(7(5)13)4-3-10-11-9/h3-4H2,1-2H3. The summed E-state index contributed by atoms with van der Waals surface area (Å²) in [6.45, 7) is 3.50. The minimum atomic E-state index is -0.291. The van der Waals surface area contributed by atoms with Gasteiger partial charge in [0.2, 0.25) is 0 Å². The van der Waals surface area contributed by atoms with E-state index in [2.05, 4.69) is 10.0 Å². The van der Waals surface area contributed by atoms with Crippen LogP contribution in [0.2, 0.25) is 0 Å². The van der Waals surface area contributed by atoms with Crippen LogP contribution in [0.5, 0.6) is 0 Å². The molecule has 74 valence electrons. The highest BCUT2D eigenvalue weighted by Gasteiger charge is 2.32. The third-order valence-corrected chi connectivity index (χ3v) is 2.18. The van der Waals surface area contributed by atoms with Gasteiger partial charge >= 0.3 is 0 Å². The van der Waals surface area contributed by atoms with E-state index in [1.807, 2.05) is 0 Å². The largest absolute Gasteiger partial charge is 0.275 e. The zero-order chi connectivity index (χ0) is 10.7. The summed E-state index contributed by atoms with van der Waals surface area (Å²) in [6, 6.07) is 0. The number of hydrogen-bond acceptors (Lipinski definition) is 3. The maximum absolute atomic E-state index is 11.4. The van der Waals surface area contributed by atoms with E-state index in [1.54, 1.807) is 13.8 Å². The SMILES string of the molecule is CC1=C(C)C(=O)N(CCN=[N+]=[N-])C1=O. The maximum atomic E-state index is 11.4. The molecule has 0 aromatic heterocycles. The van der Waals surface area contributed by atoms with Crippen molar-refractivity contribution >= 4 is 11.8 Å². The summed E-state index contributed by atoms with van der Waals surface area (Å²) in [7, 11) is 0. The lowest BCUT2D eigenvalue weighted by molar-refractivity contribution is -0.137. The number of nitrogens with zero attached hydrogens (tertiary/aromatic N) is 4. The molecule has 1 aliphatic heterocycles. The molecule has 0 radical (unpaired) electrons. The molecule has 0 aliphatic carbocycles. The van der Waals surface area contributed by atoms with Crippen molar-refractivity contribution in [1.82, 2.24) is 4.90 Å². The van der Waals surface area contributed by atoms with Gasteiger partial charge in [-0.25, -0.2) is 0 Å². The summed E-state index contributed by atoms with van der Waals surface area (Å²) in [5, 5.41) is 3.27. The monoisotopic (exact) mass is 194 g/mol. The molecule has 0 aromatic carbocycles. The summed E-state index contributed by atoms with van der Waals surface area (Å²) in [5.74, 6) is -0.582. The normalized spacial score (nSPS) is 16.3. The number of hydrogen-bond donors (Lipinski definition) is 0. The van der Waals surface area contributed by atoms with Crippen LogP contribution >= 0.6 is 0 Å². The van der Waals surface area contributed by atoms with Crippen molar-refractivity contribution in [1.29, 1.82) is 0 Å². The zero-order valence-electron chi connectivity index (χ0n) is 8.02. The number of rotatable bonds is 3. The van der Waals surface area contributed by atoms with Crippen molar-refractivity contribution in [3.63, 3.8) is 0 Å². The van der Waals surface area contributed by atoms with Crippen LogP contribution < -0.4 is 0 Å². The molecule has 0 unspecified atom stereocenters. The highest BCUT2D eigenvalue weighted by atomic mass is 16.2. The molecule has 2 amide bonds. The second-order valence-electron chi connectivity index (χ2n) is 2.97. The van der Waals surface area contributed by atoms with E-state index in [9.17, 15) is 9.59 Å². The first kappa shape index (κ1) is 10.3. The fourth-order valence-electron chi connectivity index (χ4n) is 1.21. The summed E-state index contributed by atoms with van der Waals surface area (Å²) in [6.07, 6.45) is 0. The molecule has 0 fully saturated rings. The number of imide groups is 1. The highest BCUT2D eigenvalue weighted by Crippen LogP contribution is 2.18. The summed E-state index contributed by atoms with van der Waals surface area (Å²) in [4.78, 5) is 26.5. The van der Waals surface area contributed by atoms with Gasteiger partial charge in [-0.2, -0.15) is 0 Å². The first-order chi connectivity index (χ1) is 6.59. The molecule has 0 saturated carbocycles. The first-order valence-corrected chi connectivity index (χ1v) is 4.14. The van der Waals surface area contributed by atoms with Crippen molar-refractivity contribution in [3.05, 3.63) is 21.6 Å². The van der Waals surface area contributed by atoms with Crippen LogP contribution in [0.15, 0.2) is 16.3 Å². The van der Waals surface area contributed by atoms with Gasteiger partial charge in [0.05, 0.1) is 0 Å². The Kier molecular flexibility index (Phi) is 2.89. The summed E-state index contributed by atoms with van der Waals surface area (Å²) >= 11 is 0. The van der Waals surface area contributed by atoms with Gasteiger partial charge in [0.1, 0.15) is 0 Å². The van der Waals surface area contributed by atoms with Crippen LogP contribution in [0.1, 0.15) is 13.8 Å². The fraction of sp³-hybridized carbons (Fsp3) is 0.500. The van der Waals surface area contributed by atoms with E-state index in [0.717, 1.165) is 4.90 Å². The topological polar surface area (TPSA) is 86.1 Å². The Balaban J connectivity index is 2.72. The Hall–Kier alpha value is -1.81. The fourth-order valence-corrected chi connectivity index (χ4v) is 1.21. The van der Waals surface area contributed by atoms with E-state index in [1.165, 1.54) is 0 Å². The molecule has 6 heteroatoms. The molecular weight excluding hydrogens is 184 g/mol. The van der Waals surface area contributed by atoms with Crippen LogP contribution in [0.4, 0.5) is 0 Å². The summed E-state index contributed by atoms with van der Waals surface area (Å²) < 4.78 is 0. The Morgan fingerprint density at radius 2 is 1.79 bits per heavy atom. The Bertz CT molecular complexity index is 342. The Morgan fingerprint density at radius 1 is 1.29 bits per heavy atom. The van der Waals surface area contributed by atoms with Crippen molar-refractivity contribution in [2.75, 3.05) is 13.1 Å². The highest BCUT2D eigenvalue weighted by molar-refractivity contribution is 6.18. The number of azide groups is 1. The molecular formula is C8H10N4O2. The molecule has 1 aliphatic rings. The predicted molar refractivity (Wildman–Crippen MR) is 49.1 cm³/mol. The molecule has 0 spiro atoms. The number of amides is 2. The minimum Gasteiger partial charge on any atom is -0.275 e. The second kappa shape index (κ2) is 3.93. The average molecular weight is 194 g/mol. The number of carbonyl (C=O) groups is 2. The van der Waals surface area contributed by atoms with Crippen LogP contribution in [-0.4, -0.2) is 29.8 Å². The van der Waals surface area contributed by atoms with Crippen LogP contribution in [-0.2, 0) is 9.59 Å². The van der Waals surface area contributed by atoms with Gasteiger partial charge in [-0.3, -0.25) is 14.5 Å². The van der Waals surface area contributed by atoms with Crippen LogP contribution in [0.25, 0.3) is 10.4 Å². The molecule has 6 nitrogen and oxygen atoms in total. The van der Waals surface area contributed by atoms with Crippen molar-refractivity contribution in [2.45, 2.75) is 13.8 Å². The van der Waals surface area contributed by atoms with Gasteiger partial charge in [0.25, 0.3) is 11.8 Å². The van der Waals surface area contributed by atoms with Gasteiger partial charge in [0.15, 0.2) is 0 Å². The lowest BCUT2D eigenvalue weighted by Crippen LogP contribution is -2.33. The number of carbonyl (C=O) groups excluding carboxylic acids is 2. The molecule has 0 bridgehead atoms. The second-order valence-corrected chi connectivity index (χ2v) is 2.97. The maximum Gasteiger partial charge on any atom is 0.256 e. The lowest BCUT2D eigenvalue weighted by Gasteiger charge is -2.12. The lowest BCUT2D eigenvalue weighted by atomic mass is 10.2. The minimum absolute atomic E-state index is 0.120. The van der Waals surface area contributed by atoms with E-state index >= 15 is 0 Å². The van der Waals surface area contributed by atoms with Gasteiger partial charge in [0, 0.05) is 29.1 Å². The van der Waals surface area contributed by atoms with E-state index in [-0.39, 0.29) is 24.9 Å². The third-order valence-electron chi connectivity index (χ3n) is 2.18. The van der Waals surface area contributed by atoms with Gasteiger partial charge in [-0.1, -0.05) is 5.11 Å². The molecule has 0 saturated heterocycles. The molecule has 14 heavy (non-hydrogen) atoms. The van der Waals surface area contributed by atoms with Crippen molar-refractivity contribution in [3.8, 4) is 0 Å². The molecule has 0 aromatic rings. The Morgan fingerprint density at radius 3 is 2.21 bits per heavy atom. The quantitative estimate of drug-likeness (QED) is 0.290. The van der Waals surface area contributed by atoms with Crippen molar-refractivity contribution in [2.24, 2.45) is 5.11 Å². The van der Waals surface area contributed by atoms with Crippen LogP contribution in [0.3, 0.4) is 0 Å². The van der Waals surface area contributed by atoms with Gasteiger partial charge < -0.3 is 0 Å². The van der Waals surface area contributed by atoms with E-state index in [0.29, 0.717) is 11.1 Å². The molecule has 1 heterocycles. The van der Waals surface area contributed by atoms with Gasteiger partial charge in [-0.15, -0.1) is 0 Å². The molecule has 1 rings (SSSR count). The summed E-state index contributed by atoms with van der Waals surface area (Å²) in [5.41, 5.74) is 8.97. The smallest absolute Gasteiger partial charge is 0.256 e. The van der Waals surface area contributed by atoms with E-state index < -0.39 is 0 Å². The van der Waals surface area contributed by atoms with E-state index in [4.69, 9.17) is 5.53 Å². The molecule has 0 N–H and O–H groups in total. The average Bonchev–Trinajstić information content (AvgIpc) is 2.35. The van der Waals surface area contributed by atoms with Crippen molar-refractivity contribution < 1.29 is 9.59 Å².